The average molecular weight is 219 g/mol. The molecule has 1 atom stereocenters. The standard InChI is InChI=1S/C12H17N3O/c1-8(9-3-4-9)15-12(16)11-7-10(13-2)5-6-14-11/h5-9H,3-4H2,1-2H3,(H,13,14)(H,15,16). The fourth-order valence-corrected chi connectivity index (χ4v) is 1.71. The van der Waals surface area contributed by atoms with Gasteiger partial charge in [0.1, 0.15) is 5.69 Å². The monoisotopic (exact) mass is 219 g/mol. The van der Waals surface area contributed by atoms with E-state index in [1.54, 1.807) is 12.3 Å². The first-order valence-electron chi connectivity index (χ1n) is 5.65. The molecule has 0 saturated heterocycles. The molecular weight excluding hydrogens is 202 g/mol. The Bertz CT molecular complexity index is 388. The van der Waals surface area contributed by atoms with Crippen LogP contribution in [0.25, 0.3) is 0 Å². The molecule has 1 aliphatic rings. The topological polar surface area (TPSA) is 54.0 Å². The first kappa shape index (κ1) is 10.9. The fourth-order valence-electron chi connectivity index (χ4n) is 1.71. The number of pyridine rings is 1. The lowest BCUT2D eigenvalue weighted by Crippen LogP contribution is -2.34. The van der Waals surface area contributed by atoms with Gasteiger partial charge in [-0.05, 0) is 37.8 Å². The zero-order chi connectivity index (χ0) is 11.5. The molecule has 1 aromatic rings. The van der Waals surface area contributed by atoms with E-state index in [2.05, 4.69) is 22.5 Å². The molecule has 1 heterocycles. The zero-order valence-electron chi connectivity index (χ0n) is 9.66. The molecule has 0 radical (unpaired) electrons. The molecule has 86 valence electrons. The molecule has 1 aliphatic carbocycles. The third-order valence-electron chi connectivity index (χ3n) is 2.97. The quantitative estimate of drug-likeness (QED) is 0.809. The lowest BCUT2D eigenvalue weighted by molar-refractivity contribution is 0.0931. The van der Waals surface area contributed by atoms with Crippen LogP contribution in [0.3, 0.4) is 0 Å². The van der Waals surface area contributed by atoms with Crippen LogP contribution < -0.4 is 10.6 Å². The van der Waals surface area contributed by atoms with Gasteiger partial charge in [0.05, 0.1) is 0 Å². The van der Waals surface area contributed by atoms with Crippen LogP contribution in [0.15, 0.2) is 18.3 Å². The van der Waals surface area contributed by atoms with Crippen LogP contribution in [0.2, 0.25) is 0 Å². The van der Waals surface area contributed by atoms with E-state index in [0.29, 0.717) is 11.6 Å². The van der Waals surface area contributed by atoms with Gasteiger partial charge in [0.25, 0.3) is 5.91 Å². The first-order chi connectivity index (χ1) is 7.70. The van der Waals surface area contributed by atoms with E-state index < -0.39 is 0 Å². The molecule has 4 nitrogen and oxygen atoms in total. The molecule has 1 saturated carbocycles. The summed E-state index contributed by atoms with van der Waals surface area (Å²) in [6, 6.07) is 3.85. The molecule has 0 aromatic carbocycles. The van der Waals surface area contributed by atoms with Crippen LogP contribution in [0.4, 0.5) is 5.69 Å². The van der Waals surface area contributed by atoms with Gasteiger partial charge in [-0.3, -0.25) is 9.78 Å². The number of aromatic nitrogens is 1. The Morgan fingerprint density at radius 3 is 2.94 bits per heavy atom. The van der Waals surface area contributed by atoms with E-state index >= 15 is 0 Å². The number of hydrogen-bond acceptors (Lipinski definition) is 3. The third kappa shape index (κ3) is 2.51. The molecule has 0 spiro atoms. The van der Waals surface area contributed by atoms with Crippen LogP contribution >= 0.6 is 0 Å². The van der Waals surface area contributed by atoms with Gasteiger partial charge < -0.3 is 10.6 Å². The van der Waals surface area contributed by atoms with Crippen LogP contribution in [0.1, 0.15) is 30.3 Å². The summed E-state index contributed by atoms with van der Waals surface area (Å²) in [6.45, 7) is 2.05. The molecule has 1 unspecified atom stereocenters. The van der Waals surface area contributed by atoms with Gasteiger partial charge in [-0.25, -0.2) is 0 Å². The summed E-state index contributed by atoms with van der Waals surface area (Å²) in [5, 5.41) is 5.97. The van der Waals surface area contributed by atoms with Gasteiger partial charge in [-0.15, -0.1) is 0 Å². The molecule has 0 aliphatic heterocycles. The van der Waals surface area contributed by atoms with Crippen molar-refractivity contribution in [3.8, 4) is 0 Å². The second kappa shape index (κ2) is 4.51. The SMILES string of the molecule is CNc1ccnc(C(=O)NC(C)C2CC2)c1. The average Bonchev–Trinajstić information content (AvgIpc) is 3.13. The van der Waals surface area contributed by atoms with Gasteiger partial charge >= 0.3 is 0 Å². The summed E-state index contributed by atoms with van der Waals surface area (Å²) in [6.07, 6.45) is 4.10. The lowest BCUT2D eigenvalue weighted by atomic mass is 10.2. The minimum atomic E-state index is -0.0866. The Balaban J connectivity index is 2.01. The fraction of sp³-hybridized carbons (Fsp3) is 0.500. The highest BCUT2D eigenvalue weighted by Gasteiger charge is 2.29. The second-order valence-electron chi connectivity index (χ2n) is 4.28. The molecule has 1 amide bonds. The number of carbonyl (C=O) groups is 1. The summed E-state index contributed by atoms with van der Waals surface area (Å²) in [5.41, 5.74) is 1.37. The van der Waals surface area contributed by atoms with E-state index in [0.717, 1.165) is 5.69 Å². The van der Waals surface area contributed by atoms with E-state index in [-0.39, 0.29) is 11.9 Å². The van der Waals surface area contributed by atoms with E-state index in [1.165, 1.54) is 12.8 Å². The van der Waals surface area contributed by atoms with Crippen molar-refractivity contribution < 1.29 is 4.79 Å². The van der Waals surface area contributed by atoms with E-state index in [1.807, 2.05) is 13.1 Å². The number of carbonyl (C=O) groups excluding carboxylic acids is 1. The summed E-state index contributed by atoms with van der Waals surface area (Å²) in [4.78, 5) is 15.9. The summed E-state index contributed by atoms with van der Waals surface area (Å²) >= 11 is 0. The predicted molar refractivity (Wildman–Crippen MR) is 63.4 cm³/mol. The summed E-state index contributed by atoms with van der Waals surface area (Å²) in [5.74, 6) is 0.577. The number of nitrogens with zero attached hydrogens (tertiary/aromatic N) is 1. The van der Waals surface area contributed by atoms with Gasteiger partial charge in [-0.1, -0.05) is 0 Å². The predicted octanol–water partition coefficient (Wildman–Crippen LogP) is 1.65. The maximum absolute atomic E-state index is 11.9. The van der Waals surface area contributed by atoms with Crippen molar-refractivity contribution in [2.45, 2.75) is 25.8 Å². The van der Waals surface area contributed by atoms with Crippen LogP contribution in [-0.4, -0.2) is 24.0 Å². The van der Waals surface area contributed by atoms with Crippen molar-refractivity contribution in [3.05, 3.63) is 24.0 Å². The van der Waals surface area contributed by atoms with Crippen molar-refractivity contribution in [2.75, 3.05) is 12.4 Å². The van der Waals surface area contributed by atoms with Gasteiger partial charge in [0.2, 0.25) is 0 Å². The minimum absolute atomic E-state index is 0.0866. The molecule has 1 aromatic heterocycles. The Hall–Kier alpha value is -1.58. The first-order valence-corrected chi connectivity index (χ1v) is 5.65. The van der Waals surface area contributed by atoms with E-state index in [9.17, 15) is 4.79 Å². The van der Waals surface area contributed by atoms with Gasteiger partial charge in [0, 0.05) is 25.0 Å². The highest BCUT2D eigenvalue weighted by molar-refractivity contribution is 5.93. The number of nitrogens with one attached hydrogen (secondary N) is 2. The Kier molecular flexibility index (Phi) is 3.08. The highest BCUT2D eigenvalue weighted by Crippen LogP contribution is 2.32. The molecule has 0 bridgehead atoms. The van der Waals surface area contributed by atoms with Crippen LogP contribution in [0, 0.1) is 5.92 Å². The lowest BCUT2D eigenvalue weighted by Gasteiger charge is -2.12. The molecule has 2 N–H and O–H groups in total. The van der Waals surface area contributed by atoms with E-state index in [4.69, 9.17) is 0 Å². The maximum Gasteiger partial charge on any atom is 0.270 e. The van der Waals surface area contributed by atoms with Crippen molar-refractivity contribution in [3.63, 3.8) is 0 Å². The third-order valence-corrected chi connectivity index (χ3v) is 2.97. The minimum Gasteiger partial charge on any atom is -0.388 e. The molecule has 16 heavy (non-hydrogen) atoms. The van der Waals surface area contributed by atoms with Crippen molar-refractivity contribution in [1.82, 2.24) is 10.3 Å². The largest absolute Gasteiger partial charge is 0.388 e. The number of anilines is 1. The smallest absolute Gasteiger partial charge is 0.270 e. The van der Waals surface area contributed by atoms with Gasteiger partial charge in [0.15, 0.2) is 0 Å². The van der Waals surface area contributed by atoms with Crippen molar-refractivity contribution in [1.29, 1.82) is 0 Å². The zero-order valence-corrected chi connectivity index (χ0v) is 9.66. The van der Waals surface area contributed by atoms with Gasteiger partial charge in [-0.2, -0.15) is 0 Å². The maximum atomic E-state index is 11.9. The molecular formula is C12H17N3O. The normalized spacial score (nSPS) is 16.6. The number of amides is 1. The van der Waals surface area contributed by atoms with Crippen molar-refractivity contribution >= 4 is 11.6 Å². The summed E-state index contributed by atoms with van der Waals surface area (Å²) < 4.78 is 0. The molecule has 1 fully saturated rings. The second-order valence-corrected chi connectivity index (χ2v) is 4.28. The van der Waals surface area contributed by atoms with Crippen molar-refractivity contribution in [2.24, 2.45) is 5.92 Å². The summed E-state index contributed by atoms with van der Waals surface area (Å²) in [7, 11) is 1.82. The number of rotatable bonds is 4. The number of hydrogen-bond donors (Lipinski definition) is 2. The Labute approximate surface area is 95.5 Å². The molecule has 4 heteroatoms. The Morgan fingerprint density at radius 1 is 1.56 bits per heavy atom. The molecule has 2 rings (SSSR count). The highest BCUT2D eigenvalue weighted by atomic mass is 16.1. The van der Waals surface area contributed by atoms with Crippen LogP contribution in [-0.2, 0) is 0 Å². The van der Waals surface area contributed by atoms with Crippen LogP contribution in [0.5, 0.6) is 0 Å². The Morgan fingerprint density at radius 2 is 2.31 bits per heavy atom.